The standard InChI is InChI=1S/C36H33F2N5O4/c1-20(37)30(21(2)38)32-40-27-19-43(18-22-11-16-25(46-5)17-29(22)47-6)34(44)31(27)33(41-32)39-24-14-12-23(13-15-24)36(3)26-9-7-8-10-28(26)42(4)35(36)45/h7-17H,1,18-19H2,2-6H3,(H,39,40,41)/b30-21-. The van der Waals surface area contributed by atoms with Gasteiger partial charge in [0.1, 0.15) is 34.5 Å². The third-order valence-corrected chi connectivity index (χ3v) is 8.78. The molecular weight excluding hydrogens is 604 g/mol. The highest BCUT2D eigenvalue weighted by Gasteiger charge is 2.47. The molecule has 47 heavy (non-hydrogen) atoms. The Morgan fingerprint density at radius 1 is 1.02 bits per heavy atom. The average Bonchev–Trinajstić information content (AvgIpc) is 3.47. The van der Waals surface area contributed by atoms with E-state index in [4.69, 9.17) is 9.47 Å². The number of hydrogen-bond donors (Lipinski definition) is 1. The summed E-state index contributed by atoms with van der Waals surface area (Å²) in [5, 5.41) is 3.17. The minimum atomic E-state index is -1.04. The molecule has 0 spiro atoms. The number of ether oxygens (including phenoxy) is 2. The minimum Gasteiger partial charge on any atom is -0.497 e. The molecule has 4 aromatic rings. The second-order valence-corrected chi connectivity index (χ2v) is 11.6. The monoisotopic (exact) mass is 637 g/mol. The smallest absolute Gasteiger partial charge is 0.260 e. The zero-order chi connectivity index (χ0) is 33.6. The van der Waals surface area contributed by atoms with E-state index >= 15 is 0 Å². The molecule has 9 nitrogen and oxygen atoms in total. The van der Waals surface area contributed by atoms with Crippen LogP contribution in [0.5, 0.6) is 11.5 Å². The van der Waals surface area contributed by atoms with E-state index in [1.807, 2.05) is 43.3 Å². The molecule has 0 fully saturated rings. The summed E-state index contributed by atoms with van der Waals surface area (Å²) in [5.41, 5.74) is 2.90. The minimum absolute atomic E-state index is 0.0517. The van der Waals surface area contributed by atoms with E-state index < -0.39 is 22.6 Å². The van der Waals surface area contributed by atoms with Gasteiger partial charge in [-0.2, -0.15) is 0 Å². The number of methoxy groups -OCH3 is 2. The topological polar surface area (TPSA) is 96.9 Å². The van der Waals surface area contributed by atoms with E-state index in [9.17, 15) is 18.4 Å². The number of rotatable bonds is 9. The van der Waals surface area contributed by atoms with E-state index in [1.54, 1.807) is 54.3 Å². The number of hydrogen-bond acceptors (Lipinski definition) is 7. The maximum atomic E-state index is 14.5. The second kappa shape index (κ2) is 12.0. The molecule has 2 aliphatic heterocycles. The molecule has 0 bridgehead atoms. The van der Waals surface area contributed by atoms with E-state index in [0.29, 0.717) is 22.9 Å². The van der Waals surface area contributed by atoms with Crippen LogP contribution >= 0.6 is 0 Å². The lowest BCUT2D eigenvalue weighted by molar-refractivity contribution is -0.121. The fourth-order valence-corrected chi connectivity index (χ4v) is 6.29. The lowest BCUT2D eigenvalue weighted by Gasteiger charge is -2.24. The SMILES string of the molecule is C=C(F)/C(=C(\C)F)c1nc2c(c(Nc3ccc(C4(C)C(=O)N(C)c5ccccc54)cc3)n1)C(=O)N(Cc1ccc(OC)cc1OC)C2. The van der Waals surface area contributed by atoms with E-state index in [1.165, 1.54) is 7.11 Å². The summed E-state index contributed by atoms with van der Waals surface area (Å²) in [4.78, 5) is 39.3. The fraction of sp³-hybridized carbons (Fsp3) is 0.222. The quantitative estimate of drug-likeness (QED) is 0.200. The van der Waals surface area contributed by atoms with Crippen molar-refractivity contribution in [3.8, 4) is 11.5 Å². The number of carbonyl (C=O) groups excluding carboxylic acids is 2. The zero-order valence-corrected chi connectivity index (χ0v) is 26.6. The fourth-order valence-electron chi connectivity index (χ4n) is 6.29. The van der Waals surface area contributed by atoms with Crippen LogP contribution in [0.2, 0.25) is 0 Å². The van der Waals surface area contributed by atoms with Gasteiger partial charge in [-0.3, -0.25) is 9.59 Å². The number of halogens is 2. The van der Waals surface area contributed by atoms with Gasteiger partial charge < -0.3 is 24.6 Å². The van der Waals surface area contributed by atoms with E-state index in [2.05, 4.69) is 21.9 Å². The molecule has 6 rings (SSSR count). The summed E-state index contributed by atoms with van der Waals surface area (Å²) >= 11 is 0. The molecule has 240 valence electrons. The Hall–Kier alpha value is -5.58. The zero-order valence-electron chi connectivity index (χ0n) is 26.6. The summed E-state index contributed by atoms with van der Waals surface area (Å²) in [7, 11) is 4.84. The number of carbonyl (C=O) groups is 2. The van der Waals surface area contributed by atoms with Crippen molar-refractivity contribution in [2.45, 2.75) is 32.4 Å². The van der Waals surface area contributed by atoms with Crippen LogP contribution in [0.4, 0.5) is 26.0 Å². The Balaban J connectivity index is 1.37. The summed E-state index contributed by atoms with van der Waals surface area (Å²) in [6.45, 7) is 6.49. The number of fused-ring (bicyclic) bond motifs is 2. The Kier molecular flexibility index (Phi) is 8.00. The van der Waals surface area contributed by atoms with Crippen LogP contribution in [-0.4, -0.2) is 47.9 Å². The molecule has 1 N–H and O–H groups in total. The van der Waals surface area contributed by atoms with Crippen molar-refractivity contribution in [2.24, 2.45) is 0 Å². The van der Waals surface area contributed by atoms with E-state index in [0.717, 1.165) is 29.3 Å². The van der Waals surface area contributed by atoms with Crippen LogP contribution in [0.25, 0.3) is 5.57 Å². The number of benzene rings is 3. The molecule has 0 radical (unpaired) electrons. The summed E-state index contributed by atoms with van der Waals surface area (Å²) < 4.78 is 39.8. The normalized spacial score (nSPS) is 17.3. The maximum absolute atomic E-state index is 14.5. The van der Waals surface area contributed by atoms with Crippen LogP contribution in [-0.2, 0) is 23.3 Å². The largest absolute Gasteiger partial charge is 0.497 e. The van der Waals surface area contributed by atoms with Crippen molar-refractivity contribution in [1.82, 2.24) is 14.9 Å². The molecule has 1 unspecified atom stereocenters. The molecule has 1 atom stereocenters. The predicted molar refractivity (Wildman–Crippen MR) is 175 cm³/mol. The number of likely N-dealkylation sites (N-methyl/N-ethyl adjacent to an activating group) is 1. The van der Waals surface area contributed by atoms with Crippen molar-refractivity contribution in [2.75, 3.05) is 31.5 Å². The average molecular weight is 638 g/mol. The van der Waals surface area contributed by atoms with Crippen molar-refractivity contribution in [3.05, 3.63) is 119 Å². The first kappa shape index (κ1) is 31.4. The molecule has 0 saturated heterocycles. The molecule has 2 aliphatic rings. The van der Waals surface area contributed by atoms with Gasteiger partial charge in [-0.15, -0.1) is 0 Å². The van der Waals surface area contributed by atoms with Gasteiger partial charge in [0.25, 0.3) is 5.91 Å². The first-order chi connectivity index (χ1) is 22.5. The molecule has 3 heterocycles. The number of allylic oxidation sites excluding steroid dienone is 3. The van der Waals surface area contributed by atoms with Crippen molar-refractivity contribution < 1.29 is 27.8 Å². The molecule has 2 amide bonds. The lowest BCUT2D eigenvalue weighted by Crippen LogP contribution is -2.37. The number of amides is 2. The van der Waals surface area contributed by atoms with Crippen LogP contribution in [0.1, 0.15) is 52.4 Å². The molecule has 0 saturated carbocycles. The number of nitrogens with one attached hydrogen (secondary N) is 1. The van der Waals surface area contributed by atoms with Crippen molar-refractivity contribution >= 4 is 34.6 Å². The Bertz CT molecular complexity index is 1970. The first-order valence-electron chi connectivity index (χ1n) is 14.9. The number of nitrogens with zero attached hydrogens (tertiary/aromatic N) is 4. The Morgan fingerprint density at radius 3 is 2.40 bits per heavy atom. The van der Waals surface area contributed by atoms with Gasteiger partial charge in [0, 0.05) is 30.1 Å². The maximum Gasteiger partial charge on any atom is 0.260 e. The molecule has 0 aliphatic carbocycles. The first-order valence-corrected chi connectivity index (χ1v) is 14.9. The third-order valence-electron chi connectivity index (χ3n) is 8.78. The van der Waals surface area contributed by atoms with Gasteiger partial charge in [0.05, 0.1) is 44.0 Å². The van der Waals surface area contributed by atoms with Crippen LogP contribution in [0.15, 0.2) is 85.0 Å². The number of para-hydroxylation sites is 1. The van der Waals surface area contributed by atoms with E-state index in [-0.39, 0.29) is 42.1 Å². The molecular formula is C36H33F2N5O4. The van der Waals surface area contributed by atoms with Gasteiger partial charge in [0.2, 0.25) is 5.91 Å². The summed E-state index contributed by atoms with van der Waals surface area (Å²) in [6.07, 6.45) is 0. The highest BCUT2D eigenvalue weighted by atomic mass is 19.1. The Labute approximate surface area is 271 Å². The van der Waals surface area contributed by atoms with Gasteiger partial charge in [-0.25, -0.2) is 18.7 Å². The van der Waals surface area contributed by atoms with Crippen molar-refractivity contribution in [3.63, 3.8) is 0 Å². The van der Waals surface area contributed by atoms with Gasteiger partial charge in [-0.05, 0) is 55.3 Å². The van der Waals surface area contributed by atoms with Crippen LogP contribution in [0.3, 0.4) is 0 Å². The van der Waals surface area contributed by atoms with Gasteiger partial charge in [0.15, 0.2) is 5.82 Å². The Morgan fingerprint density at radius 2 is 1.74 bits per heavy atom. The molecule has 3 aromatic carbocycles. The molecule has 1 aromatic heterocycles. The third kappa shape index (κ3) is 5.27. The van der Waals surface area contributed by atoms with Crippen LogP contribution < -0.4 is 19.7 Å². The van der Waals surface area contributed by atoms with Gasteiger partial charge >= 0.3 is 0 Å². The number of anilines is 3. The summed E-state index contributed by atoms with van der Waals surface area (Å²) in [5.74, 6) is -1.33. The van der Waals surface area contributed by atoms with Crippen molar-refractivity contribution in [1.29, 1.82) is 0 Å². The highest BCUT2D eigenvalue weighted by Crippen LogP contribution is 2.45. The highest BCUT2D eigenvalue weighted by molar-refractivity contribution is 6.10. The summed E-state index contributed by atoms with van der Waals surface area (Å²) in [6, 6.07) is 20.2. The van der Waals surface area contributed by atoms with Crippen LogP contribution in [0, 0.1) is 0 Å². The number of aromatic nitrogens is 2. The predicted octanol–water partition coefficient (Wildman–Crippen LogP) is 6.86. The van der Waals surface area contributed by atoms with Gasteiger partial charge in [-0.1, -0.05) is 36.9 Å². The second-order valence-electron chi connectivity index (χ2n) is 11.6. The lowest BCUT2D eigenvalue weighted by atomic mass is 9.77. The molecule has 11 heteroatoms.